The van der Waals surface area contributed by atoms with E-state index in [0.29, 0.717) is 11.6 Å². The number of para-hydroxylation sites is 1. The van der Waals surface area contributed by atoms with Crippen LogP contribution >= 0.6 is 11.6 Å². The Morgan fingerprint density at radius 2 is 1.81 bits per heavy atom. The van der Waals surface area contributed by atoms with Gasteiger partial charge in [-0.2, -0.15) is 0 Å². The number of piperazine rings is 1. The average Bonchev–Trinajstić information content (AvgIpc) is 2.92. The summed E-state index contributed by atoms with van der Waals surface area (Å²) in [6.45, 7) is 2.98. The van der Waals surface area contributed by atoms with E-state index in [0.717, 1.165) is 49.7 Å². The van der Waals surface area contributed by atoms with Gasteiger partial charge in [-0.15, -0.1) is 0 Å². The Kier molecular flexibility index (Phi) is 7.23. The molecule has 3 aromatic rings. The molecule has 0 aliphatic carbocycles. The van der Waals surface area contributed by atoms with Crippen LogP contribution in [0.15, 0.2) is 66.7 Å². The van der Waals surface area contributed by atoms with Gasteiger partial charge in [0.05, 0.1) is 31.9 Å². The van der Waals surface area contributed by atoms with E-state index < -0.39 is 0 Å². The molecule has 2 aliphatic rings. The van der Waals surface area contributed by atoms with Crippen LogP contribution in [-0.4, -0.2) is 52.3 Å². The maximum atomic E-state index is 13.6. The van der Waals surface area contributed by atoms with Gasteiger partial charge in [0.1, 0.15) is 11.5 Å². The molecule has 3 aromatic carbocycles. The van der Waals surface area contributed by atoms with E-state index in [4.69, 9.17) is 21.1 Å². The van der Waals surface area contributed by atoms with E-state index >= 15 is 0 Å². The standard InChI is InChI=1S/C29H32ClN3O3/c1-35-23-10-7-20(8-11-23)13-14-31-29(34)24-17-21-5-3-4-6-25(21)33-16-15-32(19-27(24)33)26-18-22(30)9-12-28(26)36-2/h3-12,18,24,27H,13-17,19H2,1-2H3,(H,31,34)/t24-,27-/m0/s1. The minimum absolute atomic E-state index is 0.0540. The lowest BCUT2D eigenvalue weighted by Crippen LogP contribution is -2.61. The van der Waals surface area contributed by atoms with Gasteiger partial charge < -0.3 is 24.6 Å². The van der Waals surface area contributed by atoms with E-state index in [-0.39, 0.29) is 17.9 Å². The number of carbonyl (C=O) groups excluding carboxylic acids is 1. The van der Waals surface area contributed by atoms with Crippen LogP contribution in [0.3, 0.4) is 0 Å². The molecule has 2 atom stereocenters. The van der Waals surface area contributed by atoms with Crippen LogP contribution in [-0.2, 0) is 17.6 Å². The van der Waals surface area contributed by atoms with Crippen molar-refractivity contribution in [2.45, 2.75) is 18.9 Å². The number of hydrogen-bond donors (Lipinski definition) is 1. The van der Waals surface area contributed by atoms with Gasteiger partial charge in [0, 0.05) is 36.9 Å². The molecule has 2 aliphatic heterocycles. The summed E-state index contributed by atoms with van der Waals surface area (Å²) in [6.07, 6.45) is 1.51. The van der Waals surface area contributed by atoms with Crippen LogP contribution in [0.4, 0.5) is 11.4 Å². The first-order chi connectivity index (χ1) is 17.6. The molecule has 36 heavy (non-hydrogen) atoms. The fourth-order valence-corrected chi connectivity index (χ4v) is 5.61. The Bertz CT molecular complexity index is 1220. The summed E-state index contributed by atoms with van der Waals surface area (Å²) in [5.41, 5.74) is 4.62. The summed E-state index contributed by atoms with van der Waals surface area (Å²) in [5.74, 6) is 1.59. The molecule has 0 aromatic heterocycles. The number of carbonyl (C=O) groups is 1. The molecule has 0 bridgehead atoms. The molecule has 2 heterocycles. The third-order valence-electron chi connectivity index (χ3n) is 7.31. The third-order valence-corrected chi connectivity index (χ3v) is 7.55. The lowest BCUT2D eigenvalue weighted by molar-refractivity contribution is -0.125. The molecular weight excluding hydrogens is 474 g/mol. The summed E-state index contributed by atoms with van der Waals surface area (Å²) in [7, 11) is 3.34. The molecule has 5 rings (SSSR count). The topological polar surface area (TPSA) is 54.0 Å². The van der Waals surface area contributed by atoms with Crippen molar-refractivity contribution in [1.82, 2.24) is 5.32 Å². The van der Waals surface area contributed by atoms with Crippen molar-refractivity contribution in [1.29, 1.82) is 0 Å². The van der Waals surface area contributed by atoms with Crippen molar-refractivity contribution in [3.8, 4) is 11.5 Å². The number of fused-ring (bicyclic) bond motifs is 3. The van der Waals surface area contributed by atoms with Gasteiger partial charge in [-0.3, -0.25) is 4.79 Å². The van der Waals surface area contributed by atoms with Crippen LogP contribution in [0.25, 0.3) is 0 Å². The molecule has 0 saturated carbocycles. The molecular formula is C29H32ClN3O3. The van der Waals surface area contributed by atoms with Crippen LogP contribution < -0.4 is 24.6 Å². The molecule has 1 N–H and O–H groups in total. The molecule has 0 spiro atoms. The van der Waals surface area contributed by atoms with Crippen molar-refractivity contribution >= 4 is 28.9 Å². The first-order valence-electron chi connectivity index (χ1n) is 12.4. The molecule has 1 fully saturated rings. The van der Waals surface area contributed by atoms with E-state index in [1.807, 2.05) is 42.5 Å². The fourth-order valence-electron chi connectivity index (χ4n) is 5.44. The Morgan fingerprint density at radius 1 is 1.00 bits per heavy atom. The second-order valence-corrected chi connectivity index (χ2v) is 9.79. The zero-order valence-electron chi connectivity index (χ0n) is 20.7. The summed E-state index contributed by atoms with van der Waals surface area (Å²) in [6, 6.07) is 22.2. The quantitative estimate of drug-likeness (QED) is 0.509. The molecule has 188 valence electrons. The summed E-state index contributed by atoms with van der Waals surface area (Å²) < 4.78 is 10.9. The molecule has 0 radical (unpaired) electrons. The van der Waals surface area contributed by atoms with Gasteiger partial charge in [-0.1, -0.05) is 41.9 Å². The highest BCUT2D eigenvalue weighted by atomic mass is 35.5. The molecule has 7 heteroatoms. The maximum absolute atomic E-state index is 13.6. The van der Waals surface area contributed by atoms with Crippen molar-refractivity contribution < 1.29 is 14.3 Å². The van der Waals surface area contributed by atoms with Gasteiger partial charge in [-0.25, -0.2) is 0 Å². The number of halogens is 1. The number of methoxy groups -OCH3 is 2. The predicted molar refractivity (Wildman–Crippen MR) is 145 cm³/mol. The van der Waals surface area contributed by atoms with Gasteiger partial charge in [-0.05, 0) is 60.4 Å². The second-order valence-electron chi connectivity index (χ2n) is 9.35. The Hall–Kier alpha value is -3.38. The van der Waals surface area contributed by atoms with Crippen molar-refractivity contribution in [2.24, 2.45) is 5.92 Å². The van der Waals surface area contributed by atoms with Crippen molar-refractivity contribution in [3.63, 3.8) is 0 Å². The number of ether oxygens (including phenoxy) is 2. The number of amides is 1. The third kappa shape index (κ3) is 4.96. The number of nitrogens with one attached hydrogen (secondary N) is 1. The predicted octanol–water partition coefficient (Wildman–Crippen LogP) is 4.58. The zero-order valence-corrected chi connectivity index (χ0v) is 21.5. The number of rotatable bonds is 7. The highest BCUT2D eigenvalue weighted by Crippen LogP contribution is 2.39. The summed E-state index contributed by atoms with van der Waals surface area (Å²) in [5, 5.41) is 3.89. The van der Waals surface area contributed by atoms with E-state index in [9.17, 15) is 4.79 Å². The van der Waals surface area contributed by atoms with Crippen molar-refractivity contribution in [2.75, 3.05) is 50.2 Å². The highest BCUT2D eigenvalue weighted by Gasteiger charge is 2.41. The first kappa shape index (κ1) is 24.3. The largest absolute Gasteiger partial charge is 0.497 e. The van der Waals surface area contributed by atoms with Gasteiger partial charge in [0.2, 0.25) is 5.91 Å². The average molecular weight is 506 g/mol. The van der Waals surface area contributed by atoms with Crippen LogP contribution in [0, 0.1) is 5.92 Å². The minimum Gasteiger partial charge on any atom is -0.497 e. The Labute approximate surface area is 217 Å². The van der Waals surface area contributed by atoms with E-state index in [1.165, 1.54) is 16.8 Å². The van der Waals surface area contributed by atoms with Gasteiger partial charge in [0.25, 0.3) is 0 Å². The number of hydrogen-bond acceptors (Lipinski definition) is 5. The fraction of sp³-hybridized carbons (Fsp3) is 0.345. The normalized spacial score (nSPS) is 18.8. The van der Waals surface area contributed by atoms with E-state index in [1.54, 1.807) is 14.2 Å². The first-order valence-corrected chi connectivity index (χ1v) is 12.8. The van der Waals surface area contributed by atoms with Crippen LogP contribution in [0.1, 0.15) is 11.1 Å². The molecule has 1 amide bonds. The van der Waals surface area contributed by atoms with Crippen LogP contribution in [0.2, 0.25) is 5.02 Å². The Balaban J connectivity index is 1.34. The Morgan fingerprint density at radius 3 is 2.58 bits per heavy atom. The minimum atomic E-state index is -0.149. The lowest BCUT2D eigenvalue weighted by Gasteiger charge is -2.49. The number of benzene rings is 3. The van der Waals surface area contributed by atoms with Gasteiger partial charge >= 0.3 is 0 Å². The second kappa shape index (κ2) is 10.7. The SMILES string of the molecule is COc1ccc(CCNC(=O)[C@H]2Cc3ccccc3N3CCN(c4cc(Cl)ccc4OC)C[C@@H]23)cc1. The van der Waals surface area contributed by atoms with Crippen molar-refractivity contribution in [3.05, 3.63) is 82.9 Å². The molecule has 6 nitrogen and oxygen atoms in total. The molecule has 0 unspecified atom stereocenters. The zero-order chi connectivity index (χ0) is 25.1. The number of nitrogens with zero attached hydrogens (tertiary/aromatic N) is 2. The smallest absolute Gasteiger partial charge is 0.225 e. The summed E-state index contributed by atoms with van der Waals surface area (Å²) in [4.78, 5) is 18.3. The number of anilines is 2. The van der Waals surface area contributed by atoms with Crippen LogP contribution in [0.5, 0.6) is 11.5 Å². The monoisotopic (exact) mass is 505 g/mol. The summed E-state index contributed by atoms with van der Waals surface area (Å²) >= 11 is 6.34. The molecule has 1 saturated heterocycles. The van der Waals surface area contributed by atoms with Gasteiger partial charge in [0.15, 0.2) is 0 Å². The van der Waals surface area contributed by atoms with E-state index in [2.05, 4.69) is 39.4 Å². The maximum Gasteiger partial charge on any atom is 0.225 e. The lowest BCUT2D eigenvalue weighted by atomic mass is 9.83. The highest BCUT2D eigenvalue weighted by molar-refractivity contribution is 6.31.